The second-order valence-electron chi connectivity index (χ2n) is 7.99. The smallest absolute Gasteiger partial charge is 0.322 e. The number of hydrogen-bond donors (Lipinski definition) is 4. The van der Waals surface area contributed by atoms with Gasteiger partial charge in [0.2, 0.25) is 0 Å². The molecule has 0 bridgehead atoms. The minimum Gasteiger partial charge on any atom is -0.398 e. The molecule has 0 spiro atoms. The van der Waals surface area contributed by atoms with Crippen LogP contribution < -0.4 is 16.6 Å². The summed E-state index contributed by atoms with van der Waals surface area (Å²) in [5.74, 6) is 0. The molecule has 0 unspecified atom stereocenters. The number of benzene rings is 2. The van der Waals surface area contributed by atoms with Crippen LogP contribution in [0.4, 0.5) is 16.2 Å². The quantitative estimate of drug-likeness (QED) is 0.277. The Morgan fingerprint density at radius 1 is 1.06 bits per heavy atom. The van der Waals surface area contributed by atoms with Gasteiger partial charge < -0.3 is 21.4 Å². The van der Waals surface area contributed by atoms with Crippen LogP contribution in [-0.2, 0) is 13.1 Å². The highest BCUT2D eigenvalue weighted by molar-refractivity contribution is 5.90. The first-order chi connectivity index (χ1) is 16.5. The number of rotatable bonds is 4. The second kappa shape index (κ2) is 8.62. The van der Waals surface area contributed by atoms with Gasteiger partial charge in [-0.15, -0.1) is 0 Å². The fourth-order valence-electron chi connectivity index (χ4n) is 3.93. The van der Waals surface area contributed by atoms with Crippen LogP contribution in [0.1, 0.15) is 16.7 Å². The zero-order chi connectivity index (χ0) is 23.7. The number of aromatic nitrogens is 3. The molecule has 2 aromatic carbocycles. The van der Waals surface area contributed by atoms with Crippen molar-refractivity contribution in [1.29, 1.82) is 5.41 Å². The van der Waals surface area contributed by atoms with Crippen LogP contribution in [0.25, 0.3) is 22.4 Å². The summed E-state index contributed by atoms with van der Waals surface area (Å²) in [6, 6.07) is 15.8. The van der Waals surface area contributed by atoms with E-state index in [1.54, 1.807) is 53.7 Å². The first-order valence-electron chi connectivity index (χ1n) is 10.6. The van der Waals surface area contributed by atoms with E-state index >= 15 is 0 Å². The Labute approximate surface area is 194 Å². The van der Waals surface area contributed by atoms with Gasteiger partial charge in [0.05, 0.1) is 11.3 Å². The Balaban J connectivity index is 1.34. The highest BCUT2D eigenvalue weighted by Crippen LogP contribution is 2.26. The molecule has 0 fully saturated rings. The van der Waals surface area contributed by atoms with E-state index in [9.17, 15) is 9.59 Å². The standard InChI is InChI=1S/C25H21N7O2/c26-11-18-9-16(3-6-22(18)27)21-10-23(30-31-24(21)33)15-1-4-20(5-2-15)29-25(34)32-13-17-7-8-28-12-19(17)14-32/h1-12,26H,13-14,27H2,(H,29,34)(H,31,33). The van der Waals surface area contributed by atoms with Crippen molar-refractivity contribution in [2.24, 2.45) is 0 Å². The van der Waals surface area contributed by atoms with E-state index in [1.165, 1.54) is 0 Å². The maximum absolute atomic E-state index is 12.7. The molecule has 0 atom stereocenters. The van der Waals surface area contributed by atoms with Gasteiger partial charge in [-0.25, -0.2) is 9.89 Å². The number of nitrogens with one attached hydrogen (secondary N) is 3. The molecule has 5 rings (SSSR count). The number of urea groups is 1. The van der Waals surface area contributed by atoms with Crippen LogP contribution in [0.3, 0.4) is 0 Å². The molecule has 0 aliphatic carbocycles. The monoisotopic (exact) mass is 451 g/mol. The van der Waals surface area contributed by atoms with E-state index in [-0.39, 0.29) is 11.6 Å². The number of nitrogens with zero attached hydrogens (tertiary/aromatic N) is 3. The summed E-state index contributed by atoms with van der Waals surface area (Å²) in [5, 5.41) is 17.1. The summed E-state index contributed by atoms with van der Waals surface area (Å²) >= 11 is 0. The Hall–Kier alpha value is -4.79. The Morgan fingerprint density at radius 3 is 2.59 bits per heavy atom. The Morgan fingerprint density at radius 2 is 1.82 bits per heavy atom. The van der Waals surface area contributed by atoms with Crippen molar-refractivity contribution in [2.75, 3.05) is 11.1 Å². The summed E-state index contributed by atoms with van der Waals surface area (Å²) < 4.78 is 0. The summed E-state index contributed by atoms with van der Waals surface area (Å²) in [6.45, 7) is 1.08. The van der Waals surface area contributed by atoms with E-state index in [2.05, 4.69) is 20.5 Å². The average molecular weight is 451 g/mol. The van der Waals surface area contributed by atoms with Gasteiger partial charge in [0.1, 0.15) is 0 Å². The van der Waals surface area contributed by atoms with Crippen LogP contribution in [-0.4, -0.2) is 32.3 Å². The predicted octanol–water partition coefficient (Wildman–Crippen LogP) is 3.63. The van der Waals surface area contributed by atoms with Crippen molar-refractivity contribution in [3.63, 3.8) is 0 Å². The lowest BCUT2D eigenvalue weighted by molar-refractivity contribution is 0.212. The fraction of sp³-hybridized carbons (Fsp3) is 0.0800. The Kier molecular flexibility index (Phi) is 5.35. The van der Waals surface area contributed by atoms with E-state index in [1.807, 2.05) is 18.2 Å². The van der Waals surface area contributed by atoms with Gasteiger partial charge in [-0.1, -0.05) is 18.2 Å². The average Bonchev–Trinajstić information content (AvgIpc) is 3.30. The summed E-state index contributed by atoms with van der Waals surface area (Å²) in [6.07, 6.45) is 4.67. The topological polar surface area (TPSA) is 141 Å². The lowest BCUT2D eigenvalue weighted by atomic mass is 10.0. The van der Waals surface area contributed by atoms with Crippen LogP contribution >= 0.6 is 0 Å². The molecule has 2 amide bonds. The minimum absolute atomic E-state index is 0.182. The van der Waals surface area contributed by atoms with Crippen molar-refractivity contribution in [3.05, 3.63) is 94.0 Å². The van der Waals surface area contributed by atoms with Crippen LogP contribution in [0.15, 0.2) is 71.8 Å². The van der Waals surface area contributed by atoms with Crippen LogP contribution in [0.2, 0.25) is 0 Å². The lowest BCUT2D eigenvalue weighted by Crippen LogP contribution is -2.30. The first kappa shape index (κ1) is 21.1. The number of H-pyrrole nitrogens is 1. The molecule has 0 saturated heterocycles. The highest BCUT2D eigenvalue weighted by Gasteiger charge is 2.23. The zero-order valence-corrected chi connectivity index (χ0v) is 18.1. The number of fused-ring (bicyclic) bond motifs is 1. The molecule has 5 N–H and O–H groups in total. The van der Waals surface area contributed by atoms with Gasteiger partial charge in [-0.05, 0) is 53.1 Å². The maximum atomic E-state index is 12.7. The highest BCUT2D eigenvalue weighted by atomic mass is 16.2. The van der Waals surface area contributed by atoms with E-state index < -0.39 is 0 Å². The number of aromatic amines is 1. The summed E-state index contributed by atoms with van der Waals surface area (Å²) in [4.78, 5) is 30.9. The minimum atomic E-state index is -0.338. The molecular weight excluding hydrogens is 430 g/mol. The molecule has 3 heterocycles. The second-order valence-corrected chi connectivity index (χ2v) is 7.99. The van der Waals surface area contributed by atoms with Crippen molar-refractivity contribution < 1.29 is 4.79 Å². The molecular formula is C25H21N7O2. The van der Waals surface area contributed by atoms with Gasteiger partial charge in [0.25, 0.3) is 5.56 Å². The SMILES string of the molecule is N=Cc1cc(-c2cc(-c3ccc(NC(=O)N4Cc5ccncc5C4)cc3)n[nH]c2=O)ccc1N. The molecule has 2 aromatic heterocycles. The lowest BCUT2D eigenvalue weighted by Gasteiger charge is -2.16. The zero-order valence-electron chi connectivity index (χ0n) is 18.1. The predicted molar refractivity (Wildman–Crippen MR) is 131 cm³/mol. The van der Waals surface area contributed by atoms with Gasteiger partial charge in [-0.2, -0.15) is 5.10 Å². The summed E-state index contributed by atoms with van der Waals surface area (Å²) in [5.41, 5.74) is 11.8. The number of anilines is 2. The number of nitrogens with two attached hydrogens (primary N) is 1. The molecule has 9 heteroatoms. The molecule has 168 valence electrons. The third-order valence-corrected chi connectivity index (χ3v) is 5.80. The van der Waals surface area contributed by atoms with Gasteiger partial charge in [0, 0.05) is 54.2 Å². The van der Waals surface area contributed by atoms with E-state index in [4.69, 9.17) is 11.1 Å². The molecule has 9 nitrogen and oxygen atoms in total. The van der Waals surface area contributed by atoms with Gasteiger partial charge in [-0.3, -0.25) is 9.78 Å². The number of carbonyl (C=O) groups excluding carboxylic acids is 1. The van der Waals surface area contributed by atoms with Gasteiger partial charge in [0.15, 0.2) is 0 Å². The van der Waals surface area contributed by atoms with E-state index in [0.717, 1.165) is 22.9 Å². The van der Waals surface area contributed by atoms with Crippen molar-refractivity contribution in [3.8, 4) is 22.4 Å². The summed E-state index contributed by atoms with van der Waals surface area (Å²) in [7, 11) is 0. The Bertz CT molecular complexity index is 1440. The third-order valence-electron chi connectivity index (χ3n) is 5.80. The normalized spacial score (nSPS) is 12.3. The molecule has 0 radical (unpaired) electrons. The molecule has 34 heavy (non-hydrogen) atoms. The number of amides is 2. The molecule has 1 aliphatic rings. The fourth-order valence-corrected chi connectivity index (χ4v) is 3.93. The van der Waals surface area contributed by atoms with Gasteiger partial charge >= 0.3 is 6.03 Å². The maximum Gasteiger partial charge on any atom is 0.322 e. The number of pyridine rings is 1. The molecule has 0 saturated carbocycles. The van der Waals surface area contributed by atoms with Crippen molar-refractivity contribution >= 4 is 23.6 Å². The van der Waals surface area contributed by atoms with Crippen LogP contribution in [0, 0.1) is 5.41 Å². The van der Waals surface area contributed by atoms with E-state index in [0.29, 0.717) is 46.8 Å². The molecule has 1 aliphatic heterocycles. The number of carbonyl (C=O) groups is 1. The molecule has 4 aromatic rings. The number of nitrogen functional groups attached to an aromatic ring is 1. The first-order valence-corrected chi connectivity index (χ1v) is 10.6. The van der Waals surface area contributed by atoms with Crippen molar-refractivity contribution in [1.82, 2.24) is 20.1 Å². The largest absolute Gasteiger partial charge is 0.398 e. The van der Waals surface area contributed by atoms with Crippen molar-refractivity contribution in [2.45, 2.75) is 13.1 Å². The third kappa shape index (κ3) is 4.02. The van der Waals surface area contributed by atoms with Crippen LogP contribution in [0.5, 0.6) is 0 Å². The number of hydrogen-bond acceptors (Lipinski definition) is 6.